The Morgan fingerprint density at radius 2 is 2.00 bits per heavy atom. The number of hydrogen-bond donors (Lipinski definition) is 0. The summed E-state index contributed by atoms with van der Waals surface area (Å²) in [5.74, 6) is 0.619. The fourth-order valence-corrected chi connectivity index (χ4v) is 5.04. The third kappa shape index (κ3) is 3.65. The lowest BCUT2D eigenvalue weighted by atomic mass is 10.2. The molecular weight excluding hydrogens is 330 g/mol. The van der Waals surface area contributed by atoms with Crippen LogP contribution in [0.25, 0.3) is 0 Å². The fraction of sp³-hybridized carbons (Fsp3) is 0.438. The van der Waals surface area contributed by atoms with Gasteiger partial charge in [-0.15, -0.1) is 0 Å². The Balaban J connectivity index is 1.93. The SMILES string of the molecule is CC1=CN(S(C)(=O)=O)C(N(CC2CC2)c2ccc(C#N)cc2)S1. The summed E-state index contributed by atoms with van der Waals surface area (Å²) in [7, 11) is -3.32. The Hall–Kier alpha value is -1.65. The summed E-state index contributed by atoms with van der Waals surface area (Å²) in [5, 5.41) is 8.95. The second-order valence-electron chi connectivity index (χ2n) is 6.03. The van der Waals surface area contributed by atoms with Crippen LogP contribution >= 0.6 is 11.8 Å². The second kappa shape index (κ2) is 6.10. The number of sulfonamides is 1. The monoisotopic (exact) mass is 349 g/mol. The zero-order valence-corrected chi connectivity index (χ0v) is 14.8. The van der Waals surface area contributed by atoms with Crippen LogP contribution in [0.3, 0.4) is 0 Å². The molecule has 0 aromatic heterocycles. The smallest absolute Gasteiger partial charge is 0.234 e. The van der Waals surface area contributed by atoms with Gasteiger partial charge in [0.15, 0.2) is 5.50 Å². The number of rotatable bonds is 5. The predicted molar refractivity (Wildman–Crippen MR) is 93.0 cm³/mol. The maximum absolute atomic E-state index is 12.1. The van der Waals surface area contributed by atoms with Crippen LogP contribution in [0.1, 0.15) is 25.3 Å². The summed E-state index contributed by atoms with van der Waals surface area (Å²) < 4.78 is 25.7. The van der Waals surface area contributed by atoms with Crippen LogP contribution < -0.4 is 4.90 Å². The fourth-order valence-electron chi connectivity index (χ4n) is 2.58. The van der Waals surface area contributed by atoms with Gasteiger partial charge in [-0.1, -0.05) is 11.8 Å². The van der Waals surface area contributed by atoms with Gasteiger partial charge in [-0.05, 0) is 49.9 Å². The molecule has 1 aromatic rings. The van der Waals surface area contributed by atoms with E-state index in [-0.39, 0.29) is 5.50 Å². The number of benzene rings is 1. The highest BCUT2D eigenvalue weighted by molar-refractivity contribution is 8.04. The van der Waals surface area contributed by atoms with Gasteiger partial charge in [0.25, 0.3) is 0 Å². The molecule has 1 aliphatic carbocycles. The van der Waals surface area contributed by atoms with Crippen molar-refractivity contribution in [2.24, 2.45) is 5.92 Å². The summed E-state index contributed by atoms with van der Waals surface area (Å²) in [6, 6.07) is 9.47. The molecule has 1 fully saturated rings. The maximum Gasteiger partial charge on any atom is 0.234 e. The Kier molecular flexibility index (Phi) is 4.30. The molecule has 122 valence electrons. The molecule has 0 bridgehead atoms. The molecule has 23 heavy (non-hydrogen) atoms. The summed E-state index contributed by atoms with van der Waals surface area (Å²) >= 11 is 1.55. The molecule has 2 aliphatic rings. The topological polar surface area (TPSA) is 64.4 Å². The quantitative estimate of drug-likeness (QED) is 0.818. The van der Waals surface area contributed by atoms with Crippen molar-refractivity contribution in [2.45, 2.75) is 25.3 Å². The van der Waals surface area contributed by atoms with Crippen molar-refractivity contribution in [1.29, 1.82) is 5.26 Å². The first-order chi connectivity index (χ1) is 10.9. The van der Waals surface area contributed by atoms with Gasteiger partial charge in [0.05, 0.1) is 17.9 Å². The Labute approximate surface area is 141 Å². The minimum atomic E-state index is -3.32. The molecular formula is C16H19N3O2S2. The van der Waals surface area contributed by atoms with Crippen molar-refractivity contribution < 1.29 is 8.42 Å². The Morgan fingerprint density at radius 1 is 1.35 bits per heavy atom. The number of thioether (sulfide) groups is 1. The average Bonchev–Trinajstić information content (AvgIpc) is 3.24. The van der Waals surface area contributed by atoms with E-state index in [9.17, 15) is 8.42 Å². The van der Waals surface area contributed by atoms with Crippen LogP contribution in [0.15, 0.2) is 35.4 Å². The standard InChI is InChI=1S/C16H19N3O2S2/c1-12-10-19(23(2,20)21)16(22-12)18(11-14-3-4-14)15-7-5-13(9-17)6-8-15/h5-8,10,14,16H,3-4,11H2,1-2H3. The van der Waals surface area contributed by atoms with E-state index in [0.717, 1.165) is 17.1 Å². The molecule has 1 unspecified atom stereocenters. The zero-order valence-electron chi connectivity index (χ0n) is 13.1. The lowest BCUT2D eigenvalue weighted by Crippen LogP contribution is -2.45. The lowest BCUT2D eigenvalue weighted by molar-refractivity contribution is 0.471. The van der Waals surface area contributed by atoms with Gasteiger partial charge in [-0.2, -0.15) is 5.26 Å². The molecule has 0 spiro atoms. The lowest BCUT2D eigenvalue weighted by Gasteiger charge is -2.35. The van der Waals surface area contributed by atoms with Crippen LogP contribution in [-0.2, 0) is 10.0 Å². The second-order valence-corrected chi connectivity index (χ2v) is 9.22. The van der Waals surface area contributed by atoms with Gasteiger partial charge in [-0.3, -0.25) is 0 Å². The summed E-state index contributed by atoms with van der Waals surface area (Å²) in [6.07, 6.45) is 5.32. The average molecular weight is 349 g/mol. The van der Waals surface area contributed by atoms with Gasteiger partial charge < -0.3 is 4.90 Å². The van der Waals surface area contributed by atoms with Crippen LogP contribution in [-0.4, -0.2) is 31.0 Å². The molecule has 0 saturated heterocycles. The van der Waals surface area contributed by atoms with Crippen molar-refractivity contribution in [2.75, 3.05) is 17.7 Å². The van der Waals surface area contributed by atoms with E-state index in [1.807, 2.05) is 19.1 Å². The first kappa shape index (κ1) is 16.2. The first-order valence-electron chi connectivity index (χ1n) is 7.49. The summed E-state index contributed by atoms with van der Waals surface area (Å²) in [6.45, 7) is 2.76. The first-order valence-corrected chi connectivity index (χ1v) is 10.2. The van der Waals surface area contributed by atoms with E-state index < -0.39 is 10.0 Å². The molecule has 1 heterocycles. The number of anilines is 1. The number of hydrogen-bond acceptors (Lipinski definition) is 5. The molecule has 1 saturated carbocycles. The van der Waals surface area contributed by atoms with Crippen molar-refractivity contribution >= 4 is 27.5 Å². The molecule has 0 N–H and O–H groups in total. The van der Waals surface area contributed by atoms with E-state index in [0.29, 0.717) is 11.5 Å². The highest BCUT2D eigenvalue weighted by Gasteiger charge is 2.37. The van der Waals surface area contributed by atoms with Crippen LogP contribution in [0.4, 0.5) is 5.69 Å². The van der Waals surface area contributed by atoms with Gasteiger partial charge in [0.2, 0.25) is 10.0 Å². The van der Waals surface area contributed by atoms with Gasteiger partial charge in [-0.25, -0.2) is 12.7 Å². The van der Waals surface area contributed by atoms with Gasteiger partial charge in [0, 0.05) is 23.3 Å². The Bertz CT molecular complexity index is 762. The van der Waals surface area contributed by atoms with Gasteiger partial charge in [0.1, 0.15) is 0 Å². The predicted octanol–water partition coefficient (Wildman–Crippen LogP) is 2.93. The van der Waals surface area contributed by atoms with Gasteiger partial charge >= 0.3 is 0 Å². The van der Waals surface area contributed by atoms with Crippen molar-refractivity contribution in [3.05, 3.63) is 40.9 Å². The highest BCUT2D eigenvalue weighted by Crippen LogP contribution is 2.41. The Morgan fingerprint density at radius 3 is 2.52 bits per heavy atom. The largest absolute Gasteiger partial charge is 0.341 e. The minimum Gasteiger partial charge on any atom is -0.341 e. The van der Waals surface area contributed by atoms with E-state index in [4.69, 9.17) is 5.26 Å². The molecule has 3 rings (SSSR count). The van der Waals surface area contributed by atoms with Crippen LogP contribution in [0.2, 0.25) is 0 Å². The third-order valence-electron chi connectivity index (χ3n) is 3.95. The normalized spacial score (nSPS) is 21.0. The van der Waals surface area contributed by atoms with Crippen molar-refractivity contribution in [3.8, 4) is 6.07 Å². The molecule has 1 atom stereocenters. The molecule has 1 aliphatic heterocycles. The van der Waals surface area contributed by atoms with E-state index in [2.05, 4.69) is 11.0 Å². The minimum absolute atomic E-state index is 0.293. The summed E-state index contributed by atoms with van der Waals surface area (Å²) in [5.41, 5.74) is 1.26. The number of nitrogens with zero attached hydrogens (tertiary/aromatic N) is 3. The zero-order chi connectivity index (χ0) is 16.6. The maximum atomic E-state index is 12.1. The van der Waals surface area contributed by atoms with E-state index in [1.54, 1.807) is 30.1 Å². The van der Waals surface area contributed by atoms with Crippen molar-refractivity contribution in [1.82, 2.24) is 4.31 Å². The van der Waals surface area contributed by atoms with Crippen molar-refractivity contribution in [3.63, 3.8) is 0 Å². The molecule has 0 radical (unpaired) electrons. The molecule has 0 amide bonds. The van der Waals surface area contributed by atoms with Crippen LogP contribution in [0, 0.1) is 17.2 Å². The van der Waals surface area contributed by atoms with Crippen LogP contribution in [0.5, 0.6) is 0 Å². The highest BCUT2D eigenvalue weighted by atomic mass is 32.2. The molecule has 1 aromatic carbocycles. The summed E-state index contributed by atoms with van der Waals surface area (Å²) in [4.78, 5) is 3.12. The van der Waals surface area contributed by atoms with E-state index in [1.165, 1.54) is 23.4 Å². The number of nitriles is 1. The third-order valence-corrected chi connectivity index (χ3v) is 6.32. The molecule has 5 nitrogen and oxygen atoms in total. The number of allylic oxidation sites excluding steroid dienone is 1. The molecule has 7 heteroatoms. The van der Waals surface area contributed by atoms with E-state index >= 15 is 0 Å².